The minimum atomic E-state index is -1.84. The van der Waals surface area contributed by atoms with Gasteiger partial charge in [0.15, 0.2) is 11.4 Å². The number of benzene rings is 1. The number of methoxy groups -OCH3 is 1. The highest BCUT2D eigenvalue weighted by molar-refractivity contribution is 5.93. The van der Waals surface area contributed by atoms with E-state index in [4.69, 9.17) is 17.7 Å². The van der Waals surface area contributed by atoms with Crippen molar-refractivity contribution in [3.63, 3.8) is 0 Å². The van der Waals surface area contributed by atoms with Gasteiger partial charge in [0, 0.05) is 12.4 Å². The second-order valence-corrected chi connectivity index (χ2v) is 3.68. The summed E-state index contributed by atoms with van der Waals surface area (Å²) < 4.78 is 27.9. The van der Waals surface area contributed by atoms with Gasteiger partial charge in [0.2, 0.25) is 0 Å². The first-order valence-corrected chi connectivity index (χ1v) is 5.27. The zero-order valence-electron chi connectivity index (χ0n) is 11.6. The monoisotopic (exact) mass is 246 g/mol. The van der Waals surface area contributed by atoms with Gasteiger partial charge < -0.3 is 15.0 Å². The molecule has 2 aromatic heterocycles. The zero-order chi connectivity index (χ0) is 14.3. The number of nitrogens with zero attached hydrogens (tertiary/aromatic N) is 3. The molecule has 0 aliphatic heterocycles. The van der Waals surface area contributed by atoms with E-state index in [0.717, 1.165) is 0 Å². The Hall–Kier alpha value is -2.50. The van der Waals surface area contributed by atoms with Crippen molar-refractivity contribution in [2.45, 2.75) is 6.50 Å². The van der Waals surface area contributed by atoms with Gasteiger partial charge in [0.1, 0.15) is 11.1 Å². The van der Waals surface area contributed by atoms with Crippen LogP contribution >= 0.6 is 0 Å². The summed E-state index contributed by atoms with van der Waals surface area (Å²) in [5.41, 5.74) is 6.41. The van der Waals surface area contributed by atoms with E-state index in [1.165, 1.54) is 18.0 Å². The standard InChI is InChI=1S/C12H12N4O2/c1-17-9-5-8(7-16-4-2-3-14-16)6-10-11(9)12(13)15-18-10/h2-6H,7H2,1H3,(H2,13,15)/i7D2. The van der Waals surface area contributed by atoms with E-state index >= 15 is 0 Å². The Morgan fingerprint density at radius 1 is 1.56 bits per heavy atom. The SMILES string of the molecule is [2H]C([2H])(c1cc(OC)c2c(N)noc2c1)n1cccn1. The Morgan fingerprint density at radius 3 is 3.17 bits per heavy atom. The molecule has 0 spiro atoms. The Bertz CT molecular complexity index is 752. The highest BCUT2D eigenvalue weighted by atomic mass is 16.5. The average molecular weight is 246 g/mol. The molecule has 3 rings (SSSR count). The molecular weight excluding hydrogens is 232 g/mol. The summed E-state index contributed by atoms with van der Waals surface area (Å²) in [7, 11) is 1.48. The molecule has 0 atom stereocenters. The van der Waals surface area contributed by atoms with Gasteiger partial charge in [0.25, 0.3) is 0 Å². The van der Waals surface area contributed by atoms with Crippen LogP contribution in [0.15, 0.2) is 35.1 Å². The first kappa shape index (κ1) is 8.57. The fraction of sp³-hybridized carbons (Fsp3) is 0.167. The van der Waals surface area contributed by atoms with Crippen LogP contribution in [0.25, 0.3) is 11.0 Å². The smallest absolute Gasteiger partial charge is 0.178 e. The van der Waals surface area contributed by atoms with Crippen molar-refractivity contribution in [3.05, 3.63) is 36.2 Å². The third-order valence-corrected chi connectivity index (χ3v) is 2.53. The molecule has 0 unspecified atom stereocenters. The number of fused-ring (bicyclic) bond motifs is 1. The van der Waals surface area contributed by atoms with Crippen LogP contribution in [-0.2, 0) is 6.50 Å². The lowest BCUT2D eigenvalue weighted by Crippen LogP contribution is -2.00. The van der Waals surface area contributed by atoms with Crippen LogP contribution < -0.4 is 10.5 Å². The molecule has 1 aromatic carbocycles. The predicted octanol–water partition coefficient (Wildman–Crippen LogP) is 1.66. The molecule has 0 aliphatic carbocycles. The van der Waals surface area contributed by atoms with Gasteiger partial charge in [-0.15, -0.1) is 0 Å². The maximum absolute atomic E-state index is 8.20. The Morgan fingerprint density at radius 2 is 2.44 bits per heavy atom. The van der Waals surface area contributed by atoms with Crippen LogP contribution in [0.2, 0.25) is 0 Å². The number of nitrogens with two attached hydrogens (primary N) is 1. The summed E-state index contributed by atoms with van der Waals surface area (Å²) >= 11 is 0. The Balaban J connectivity index is 2.22. The minimum absolute atomic E-state index is 0.211. The molecule has 2 heterocycles. The van der Waals surface area contributed by atoms with Gasteiger partial charge in [0.05, 0.1) is 16.3 Å². The Labute approximate surface area is 106 Å². The van der Waals surface area contributed by atoms with E-state index in [1.54, 1.807) is 24.4 Å². The van der Waals surface area contributed by atoms with Crippen LogP contribution in [-0.4, -0.2) is 22.0 Å². The highest BCUT2D eigenvalue weighted by Crippen LogP contribution is 2.32. The van der Waals surface area contributed by atoms with Gasteiger partial charge in [-0.2, -0.15) is 5.10 Å². The number of nitrogen functional groups attached to an aromatic ring is 1. The van der Waals surface area contributed by atoms with E-state index < -0.39 is 6.50 Å². The molecule has 0 saturated carbocycles. The highest BCUT2D eigenvalue weighted by Gasteiger charge is 2.13. The third-order valence-electron chi connectivity index (χ3n) is 2.53. The molecule has 0 bridgehead atoms. The largest absolute Gasteiger partial charge is 0.496 e. The van der Waals surface area contributed by atoms with Crippen molar-refractivity contribution in [1.82, 2.24) is 14.9 Å². The zero-order valence-corrected chi connectivity index (χ0v) is 9.62. The molecule has 0 fully saturated rings. The van der Waals surface area contributed by atoms with Crippen LogP contribution in [0.4, 0.5) is 5.82 Å². The number of hydrogen-bond donors (Lipinski definition) is 1. The normalized spacial score (nSPS) is 13.4. The van der Waals surface area contributed by atoms with E-state index in [0.29, 0.717) is 22.3 Å². The van der Waals surface area contributed by atoms with E-state index in [9.17, 15) is 0 Å². The first-order chi connectivity index (χ1) is 9.54. The second-order valence-electron chi connectivity index (χ2n) is 3.68. The molecule has 6 nitrogen and oxygen atoms in total. The van der Waals surface area contributed by atoms with Gasteiger partial charge >= 0.3 is 0 Å². The van der Waals surface area contributed by atoms with Gasteiger partial charge in [-0.05, 0) is 23.8 Å². The summed E-state index contributed by atoms with van der Waals surface area (Å²) in [5, 5.41) is 8.14. The lowest BCUT2D eigenvalue weighted by Gasteiger charge is -2.06. The van der Waals surface area contributed by atoms with Gasteiger partial charge in [-0.25, -0.2) is 0 Å². The second kappa shape index (κ2) is 4.06. The van der Waals surface area contributed by atoms with Gasteiger partial charge in [-0.1, -0.05) is 5.16 Å². The third kappa shape index (κ3) is 1.67. The maximum atomic E-state index is 8.20. The van der Waals surface area contributed by atoms with Gasteiger partial charge in [-0.3, -0.25) is 4.68 Å². The van der Waals surface area contributed by atoms with E-state index in [2.05, 4.69) is 10.3 Å². The van der Waals surface area contributed by atoms with Crippen LogP contribution in [0.5, 0.6) is 5.75 Å². The molecule has 0 amide bonds. The summed E-state index contributed by atoms with van der Waals surface area (Å²) in [6.07, 6.45) is 3.06. The molecule has 92 valence electrons. The van der Waals surface area contributed by atoms with E-state index in [-0.39, 0.29) is 5.82 Å². The molecule has 18 heavy (non-hydrogen) atoms. The Kier molecular flexibility index (Phi) is 1.94. The summed E-state index contributed by atoms with van der Waals surface area (Å²) in [5.74, 6) is 0.621. The number of ether oxygens (including phenoxy) is 1. The topological polar surface area (TPSA) is 79.1 Å². The van der Waals surface area contributed by atoms with Crippen molar-refractivity contribution in [2.75, 3.05) is 12.8 Å². The fourth-order valence-electron chi connectivity index (χ4n) is 1.75. The minimum Gasteiger partial charge on any atom is -0.496 e. The van der Waals surface area contributed by atoms with Crippen LogP contribution in [0.1, 0.15) is 8.30 Å². The van der Waals surface area contributed by atoms with Crippen molar-refractivity contribution < 1.29 is 12.0 Å². The van der Waals surface area contributed by atoms with Crippen molar-refractivity contribution in [3.8, 4) is 5.75 Å². The van der Waals surface area contributed by atoms with E-state index in [1.807, 2.05) is 0 Å². The fourth-order valence-corrected chi connectivity index (χ4v) is 1.75. The molecule has 2 N–H and O–H groups in total. The molecular formula is C12H12N4O2. The lowest BCUT2D eigenvalue weighted by atomic mass is 10.1. The average Bonchev–Trinajstić information content (AvgIpc) is 3.08. The molecule has 3 aromatic rings. The molecule has 6 heteroatoms. The van der Waals surface area contributed by atoms with Crippen LogP contribution in [0.3, 0.4) is 0 Å². The number of rotatable bonds is 3. The first-order valence-electron chi connectivity index (χ1n) is 6.27. The number of aromatic nitrogens is 3. The molecule has 0 saturated heterocycles. The number of hydrogen-bond acceptors (Lipinski definition) is 5. The quantitative estimate of drug-likeness (QED) is 0.760. The van der Waals surface area contributed by atoms with Crippen molar-refractivity contribution in [1.29, 1.82) is 0 Å². The summed E-state index contributed by atoms with van der Waals surface area (Å²) in [6, 6.07) is 4.76. The predicted molar refractivity (Wildman–Crippen MR) is 66.3 cm³/mol. The lowest BCUT2D eigenvalue weighted by molar-refractivity contribution is 0.418. The summed E-state index contributed by atoms with van der Waals surface area (Å²) in [4.78, 5) is 0. The molecule has 0 aliphatic rings. The number of anilines is 1. The summed E-state index contributed by atoms with van der Waals surface area (Å²) in [6.45, 7) is -1.84. The maximum Gasteiger partial charge on any atom is 0.178 e. The van der Waals surface area contributed by atoms with Crippen molar-refractivity contribution in [2.24, 2.45) is 0 Å². The molecule has 0 radical (unpaired) electrons. The van der Waals surface area contributed by atoms with Crippen molar-refractivity contribution >= 4 is 16.8 Å². The van der Waals surface area contributed by atoms with Crippen LogP contribution in [0, 0.1) is 0 Å².